The first-order valence-corrected chi connectivity index (χ1v) is 6.36. The Morgan fingerprint density at radius 1 is 1.40 bits per heavy atom. The Hall–Kier alpha value is -0.340. The molecule has 0 aliphatic rings. The van der Waals surface area contributed by atoms with E-state index < -0.39 is 0 Å². The molecule has 0 bridgehead atoms. The molecule has 3 heteroatoms. The Morgan fingerprint density at radius 3 is 2.47 bits per heavy atom. The Balaban J connectivity index is 3.11. The van der Waals surface area contributed by atoms with Crippen LogP contribution in [0, 0.1) is 0 Å². The quantitative estimate of drug-likeness (QED) is 0.765. The first-order valence-electron chi connectivity index (χ1n) is 4.91. The van der Waals surface area contributed by atoms with Gasteiger partial charge in [-0.15, -0.1) is 11.6 Å². The number of carbonyl (C=O) groups is 1. The van der Waals surface area contributed by atoms with Crippen LogP contribution in [-0.4, -0.2) is 5.78 Å². The first kappa shape index (κ1) is 12.7. The van der Waals surface area contributed by atoms with Gasteiger partial charge < -0.3 is 0 Å². The fraction of sp³-hybridized carbons (Fsp3) is 0.417. The highest BCUT2D eigenvalue weighted by molar-refractivity contribution is 9.09. The molecule has 1 aromatic rings. The van der Waals surface area contributed by atoms with Crippen molar-refractivity contribution in [3.05, 3.63) is 34.9 Å². The van der Waals surface area contributed by atoms with Crippen LogP contribution in [0.5, 0.6) is 0 Å². The van der Waals surface area contributed by atoms with E-state index in [0.29, 0.717) is 5.88 Å². The maximum absolute atomic E-state index is 11.3. The fourth-order valence-corrected chi connectivity index (χ4v) is 1.87. The molecule has 1 nitrogen and oxygen atoms in total. The van der Waals surface area contributed by atoms with Gasteiger partial charge in [0.1, 0.15) is 5.78 Å². The molecule has 0 spiro atoms. The maximum atomic E-state index is 11.3. The smallest absolute Gasteiger partial charge is 0.147 e. The lowest BCUT2D eigenvalue weighted by Gasteiger charge is -2.10. The zero-order chi connectivity index (χ0) is 11.4. The highest BCUT2D eigenvalue weighted by Crippen LogP contribution is 2.26. The molecule has 82 valence electrons. The van der Waals surface area contributed by atoms with Gasteiger partial charge in [-0.3, -0.25) is 4.79 Å². The van der Waals surface area contributed by atoms with Crippen LogP contribution in [0.15, 0.2) is 18.2 Å². The summed E-state index contributed by atoms with van der Waals surface area (Å²) >= 11 is 9.20. The van der Waals surface area contributed by atoms with Gasteiger partial charge in [0.2, 0.25) is 0 Å². The third kappa shape index (κ3) is 3.32. The summed E-state index contributed by atoms with van der Waals surface area (Å²) in [5.74, 6) is 0.599. The minimum Gasteiger partial charge on any atom is -0.298 e. The van der Waals surface area contributed by atoms with Crippen molar-refractivity contribution in [2.24, 2.45) is 0 Å². The average molecular weight is 290 g/mol. The minimum atomic E-state index is -0.217. The molecule has 0 N–H and O–H groups in total. The number of ketones is 1. The topological polar surface area (TPSA) is 17.1 Å². The van der Waals surface area contributed by atoms with Crippen molar-refractivity contribution < 1.29 is 4.79 Å². The van der Waals surface area contributed by atoms with Crippen LogP contribution < -0.4 is 0 Å². The van der Waals surface area contributed by atoms with E-state index >= 15 is 0 Å². The van der Waals surface area contributed by atoms with E-state index in [0.717, 1.165) is 17.5 Å². The first-order chi connectivity index (χ1) is 7.08. The van der Waals surface area contributed by atoms with Crippen molar-refractivity contribution in [2.45, 2.75) is 31.0 Å². The molecule has 1 unspecified atom stereocenters. The van der Waals surface area contributed by atoms with Gasteiger partial charge in [-0.2, -0.15) is 0 Å². The summed E-state index contributed by atoms with van der Waals surface area (Å²) in [5, 5.41) is 0. The van der Waals surface area contributed by atoms with Gasteiger partial charge in [0, 0.05) is 5.88 Å². The summed E-state index contributed by atoms with van der Waals surface area (Å²) < 4.78 is 0. The highest BCUT2D eigenvalue weighted by Gasteiger charge is 2.13. The van der Waals surface area contributed by atoms with Gasteiger partial charge >= 0.3 is 0 Å². The summed E-state index contributed by atoms with van der Waals surface area (Å²) in [6.45, 7) is 3.67. The molecule has 1 rings (SSSR count). The normalized spacial score (nSPS) is 12.5. The Bertz CT molecular complexity index is 340. The number of aryl methyl sites for hydroxylation is 1. The lowest BCUT2D eigenvalue weighted by atomic mass is 10.0. The van der Waals surface area contributed by atoms with Crippen LogP contribution >= 0.6 is 27.5 Å². The van der Waals surface area contributed by atoms with Crippen LogP contribution in [0.4, 0.5) is 0 Å². The van der Waals surface area contributed by atoms with Crippen molar-refractivity contribution in [1.82, 2.24) is 0 Å². The lowest BCUT2D eigenvalue weighted by molar-refractivity contribution is -0.116. The zero-order valence-electron chi connectivity index (χ0n) is 8.89. The number of rotatable bonds is 4. The van der Waals surface area contributed by atoms with E-state index in [4.69, 9.17) is 11.6 Å². The van der Waals surface area contributed by atoms with E-state index in [1.54, 1.807) is 6.92 Å². The van der Waals surface area contributed by atoms with Crippen LogP contribution in [0.1, 0.15) is 35.4 Å². The van der Waals surface area contributed by atoms with Gasteiger partial charge in [-0.1, -0.05) is 41.1 Å². The molecule has 0 heterocycles. The van der Waals surface area contributed by atoms with Crippen molar-refractivity contribution in [3.63, 3.8) is 0 Å². The third-order valence-electron chi connectivity index (χ3n) is 2.29. The Kier molecular flexibility index (Phi) is 4.81. The number of hydrogen-bond donors (Lipinski definition) is 0. The Labute approximate surface area is 104 Å². The molecule has 1 aromatic carbocycles. The van der Waals surface area contributed by atoms with Gasteiger partial charge in [0.25, 0.3) is 0 Å². The summed E-state index contributed by atoms with van der Waals surface area (Å²) in [7, 11) is 0. The lowest BCUT2D eigenvalue weighted by Crippen LogP contribution is -2.02. The van der Waals surface area contributed by atoms with Crippen molar-refractivity contribution >= 4 is 33.3 Å². The standard InChI is InChI=1S/C12H14BrClO/c1-3-9-4-10(7-14)6-11(5-9)12(13)8(2)15/h4-6,12H,3,7H2,1-2H3. The van der Waals surface area contributed by atoms with Crippen LogP contribution in [0.2, 0.25) is 0 Å². The predicted octanol–water partition coefficient (Wildman–Crippen LogP) is 4.01. The molecule has 0 saturated heterocycles. The SMILES string of the molecule is CCc1cc(CCl)cc(C(Br)C(C)=O)c1. The largest absolute Gasteiger partial charge is 0.298 e. The molecule has 0 amide bonds. The average Bonchev–Trinajstić information content (AvgIpc) is 2.27. The second-order valence-corrected chi connectivity index (χ2v) is 4.73. The van der Waals surface area contributed by atoms with Crippen LogP contribution in [0.25, 0.3) is 0 Å². The van der Waals surface area contributed by atoms with Crippen molar-refractivity contribution in [1.29, 1.82) is 0 Å². The molecule has 15 heavy (non-hydrogen) atoms. The van der Waals surface area contributed by atoms with E-state index in [1.807, 2.05) is 6.07 Å². The molecule has 1 atom stereocenters. The van der Waals surface area contributed by atoms with E-state index in [2.05, 4.69) is 35.0 Å². The monoisotopic (exact) mass is 288 g/mol. The predicted molar refractivity (Wildman–Crippen MR) is 67.7 cm³/mol. The van der Waals surface area contributed by atoms with E-state index in [9.17, 15) is 4.79 Å². The third-order valence-corrected chi connectivity index (χ3v) is 3.77. The minimum absolute atomic E-state index is 0.115. The van der Waals surface area contributed by atoms with Gasteiger partial charge in [0.05, 0.1) is 4.83 Å². The number of halogens is 2. The molecule has 0 saturated carbocycles. The van der Waals surface area contributed by atoms with Gasteiger partial charge in [-0.05, 0) is 30.0 Å². The molecule has 0 aliphatic heterocycles. The molecule has 0 radical (unpaired) electrons. The number of hydrogen-bond acceptors (Lipinski definition) is 1. The zero-order valence-corrected chi connectivity index (χ0v) is 11.2. The molecule has 0 aromatic heterocycles. The number of alkyl halides is 2. The molecular weight excluding hydrogens is 275 g/mol. The number of carbonyl (C=O) groups excluding carboxylic acids is 1. The molecule has 0 aliphatic carbocycles. The fourth-order valence-electron chi connectivity index (χ4n) is 1.45. The molecular formula is C12H14BrClO. The van der Waals surface area contributed by atoms with Crippen molar-refractivity contribution in [3.8, 4) is 0 Å². The number of Topliss-reactive ketones (excluding diaryl/α,β-unsaturated/α-hetero) is 1. The summed E-state index contributed by atoms with van der Waals surface area (Å²) in [5.41, 5.74) is 3.28. The van der Waals surface area contributed by atoms with Gasteiger partial charge in [-0.25, -0.2) is 0 Å². The second kappa shape index (κ2) is 5.66. The number of benzene rings is 1. The van der Waals surface area contributed by atoms with E-state index in [-0.39, 0.29) is 10.6 Å². The van der Waals surface area contributed by atoms with E-state index in [1.165, 1.54) is 5.56 Å². The van der Waals surface area contributed by atoms with Gasteiger partial charge in [0.15, 0.2) is 0 Å². The molecule has 0 fully saturated rings. The van der Waals surface area contributed by atoms with Crippen LogP contribution in [0.3, 0.4) is 0 Å². The Morgan fingerprint density at radius 2 is 2.00 bits per heavy atom. The summed E-state index contributed by atoms with van der Waals surface area (Å²) in [6, 6.07) is 6.11. The summed E-state index contributed by atoms with van der Waals surface area (Å²) in [6.07, 6.45) is 0.954. The van der Waals surface area contributed by atoms with Crippen molar-refractivity contribution in [2.75, 3.05) is 0 Å². The summed E-state index contributed by atoms with van der Waals surface area (Å²) in [4.78, 5) is 11.0. The maximum Gasteiger partial charge on any atom is 0.147 e. The highest BCUT2D eigenvalue weighted by atomic mass is 79.9. The van der Waals surface area contributed by atoms with Crippen LogP contribution in [-0.2, 0) is 17.1 Å². The second-order valence-electron chi connectivity index (χ2n) is 3.54.